The van der Waals surface area contributed by atoms with Crippen molar-refractivity contribution >= 4 is 61.6 Å². The molecule has 0 aliphatic rings. The number of ether oxygens (including phenoxy) is 2. The molecule has 0 aromatic carbocycles. The minimum atomic E-state index is -1.20. The Morgan fingerprint density at radius 1 is 0.298 bits per heavy atom. The van der Waals surface area contributed by atoms with Crippen LogP contribution in [0.5, 0.6) is 0 Å². The van der Waals surface area contributed by atoms with Gasteiger partial charge in [0.25, 0.3) is 0 Å². The van der Waals surface area contributed by atoms with Crippen LogP contribution >= 0.6 is 0 Å². The number of carboxylic acids is 2. The molecule has 0 aliphatic heterocycles. The van der Waals surface area contributed by atoms with Gasteiger partial charge in [0.05, 0.1) is 26.1 Å². The van der Waals surface area contributed by atoms with Crippen molar-refractivity contribution in [1.82, 2.24) is 0 Å². The fourth-order valence-electron chi connectivity index (χ4n) is 6.93. The summed E-state index contributed by atoms with van der Waals surface area (Å²) in [6.07, 6.45) is 47.2. The smallest absolute Gasteiger partial charge is 0.550 e. The van der Waals surface area contributed by atoms with Crippen molar-refractivity contribution in [2.75, 3.05) is 13.2 Å². The number of esters is 2. The molecule has 0 N–H and O–H groups in total. The maximum atomic E-state index is 11.2. The standard InChI is InChI=1S/2C24H46O4.Ca/c2*1-2-3-4-5-6-7-8-9-10-11-12-13-14-15-16-17-18-19-22-28-24(27)21-20-23(25)26;/h2*2-22H2,1H3,(H,25,26);/q;;+2/p-2. The van der Waals surface area contributed by atoms with Gasteiger partial charge in [-0.2, -0.15) is 0 Å². The van der Waals surface area contributed by atoms with E-state index in [4.69, 9.17) is 9.47 Å². The Labute approximate surface area is 381 Å². The molecule has 0 spiro atoms. The monoisotopic (exact) mass is 835 g/mol. The van der Waals surface area contributed by atoms with E-state index in [-0.39, 0.29) is 63.4 Å². The van der Waals surface area contributed by atoms with Gasteiger partial charge in [0, 0.05) is 11.9 Å². The molecular formula is C48H90CaO8. The summed E-state index contributed by atoms with van der Waals surface area (Å²) in [5, 5.41) is 20.5. The van der Waals surface area contributed by atoms with Gasteiger partial charge < -0.3 is 29.3 Å². The minimum Gasteiger partial charge on any atom is -0.550 e. The maximum Gasteiger partial charge on any atom is 2.00 e. The van der Waals surface area contributed by atoms with Crippen LogP contribution in [0.3, 0.4) is 0 Å². The fraction of sp³-hybridized carbons (Fsp3) is 0.917. The van der Waals surface area contributed by atoms with Gasteiger partial charge in [-0.25, -0.2) is 0 Å². The van der Waals surface area contributed by atoms with Crippen molar-refractivity contribution < 1.29 is 38.9 Å². The number of unbranched alkanes of at least 4 members (excludes halogenated alkanes) is 34. The average Bonchev–Trinajstić information content (AvgIpc) is 3.18. The van der Waals surface area contributed by atoms with Crippen LogP contribution in [0.2, 0.25) is 0 Å². The van der Waals surface area contributed by atoms with Gasteiger partial charge >= 0.3 is 49.7 Å². The van der Waals surface area contributed by atoms with E-state index in [1.807, 2.05) is 0 Å². The first-order valence-electron chi connectivity index (χ1n) is 24.0. The molecular weight excluding hydrogens is 745 g/mol. The molecule has 0 radical (unpaired) electrons. The Kier molecular flexibility index (Phi) is 56.4. The van der Waals surface area contributed by atoms with Gasteiger partial charge in [0.2, 0.25) is 0 Å². The molecule has 57 heavy (non-hydrogen) atoms. The van der Waals surface area contributed by atoms with Gasteiger partial charge in [0.15, 0.2) is 0 Å². The van der Waals surface area contributed by atoms with Crippen LogP contribution in [0, 0.1) is 0 Å². The van der Waals surface area contributed by atoms with Crippen LogP contribution in [-0.4, -0.2) is 74.8 Å². The summed E-state index contributed by atoms with van der Waals surface area (Å²) in [5.41, 5.74) is 0. The zero-order valence-corrected chi connectivity index (χ0v) is 39.9. The second-order valence-electron chi connectivity index (χ2n) is 16.2. The van der Waals surface area contributed by atoms with Crippen molar-refractivity contribution in [3.8, 4) is 0 Å². The minimum absolute atomic E-state index is 0. The normalized spacial score (nSPS) is 10.7. The Morgan fingerprint density at radius 2 is 0.474 bits per heavy atom. The molecule has 0 bridgehead atoms. The third-order valence-electron chi connectivity index (χ3n) is 10.6. The van der Waals surface area contributed by atoms with E-state index in [9.17, 15) is 29.4 Å². The van der Waals surface area contributed by atoms with Gasteiger partial charge in [0.1, 0.15) is 0 Å². The van der Waals surface area contributed by atoms with E-state index in [2.05, 4.69) is 13.8 Å². The van der Waals surface area contributed by atoms with Crippen molar-refractivity contribution in [3.63, 3.8) is 0 Å². The molecule has 332 valence electrons. The molecule has 0 saturated carbocycles. The SMILES string of the molecule is CCCCCCCCCCCCCCCCCCCCOC(=O)CCC(=O)[O-].CCCCCCCCCCCCCCCCCCCCOC(=O)CCC(=O)[O-].[Ca+2]. The third kappa shape index (κ3) is 59.5. The number of hydrogen-bond donors (Lipinski definition) is 0. The van der Waals surface area contributed by atoms with Gasteiger partial charge in [-0.05, 0) is 25.7 Å². The van der Waals surface area contributed by atoms with Crippen molar-refractivity contribution in [2.45, 2.75) is 271 Å². The van der Waals surface area contributed by atoms with Gasteiger partial charge in [-0.3, -0.25) is 9.59 Å². The molecule has 0 aromatic rings. The molecule has 9 heteroatoms. The molecule has 0 amide bonds. The number of carboxylic acid groups (broad SMARTS) is 2. The van der Waals surface area contributed by atoms with Crippen LogP contribution in [-0.2, 0) is 28.7 Å². The Hall–Kier alpha value is -0.860. The number of carbonyl (C=O) groups is 4. The number of rotatable bonds is 44. The Balaban J connectivity index is -0.00000101. The second kappa shape index (κ2) is 53.2. The summed E-state index contributed by atoms with van der Waals surface area (Å²) >= 11 is 0. The predicted octanol–water partition coefficient (Wildman–Crippen LogP) is 11.8. The van der Waals surface area contributed by atoms with E-state index in [1.54, 1.807) is 0 Å². The van der Waals surface area contributed by atoms with Crippen LogP contribution < -0.4 is 10.2 Å². The molecule has 0 aromatic heterocycles. The molecule has 0 fully saturated rings. The number of carbonyl (C=O) groups excluding carboxylic acids is 4. The fourth-order valence-corrected chi connectivity index (χ4v) is 6.93. The third-order valence-corrected chi connectivity index (χ3v) is 10.6. The van der Waals surface area contributed by atoms with Gasteiger partial charge in [-0.1, -0.05) is 232 Å². The predicted molar refractivity (Wildman–Crippen MR) is 234 cm³/mol. The van der Waals surface area contributed by atoms with Crippen molar-refractivity contribution in [1.29, 1.82) is 0 Å². The summed E-state index contributed by atoms with van der Waals surface area (Å²) in [6, 6.07) is 0. The zero-order chi connectivity index (χ0) is 41.4. The molecule has 0 saturated heterocycles. The summed E-state index contributed by atoms with van der Waals surface area (Å²) in [6.45, 7) is 5.36. The second-order valence-corrected chi connectivity index (χ2v) is 16.2. The van der Waals surface area contributed by atoms with E-state index < -0.39 is 23.9 Å². The van der Waals surface area contributed by atoms with Crippen molar-refractivity contribution in [2.24, 2.45) is 0 Å². The Bertz CT molecular complexity index is 784. The largest absolute Gasteiger partial charge is 2.00 e. The molecule has 0 unspecified atom stereocenters. The van der Waals surface area contributed by atoms with E-state index in [1.165, 1.54) is 205 Å². The number of aliphatic carboxylic acids is 2. The maximum absolute atomic E-state index is 11.2. The van der Waals surface area contributed by atoms with Crippen molar-refractivity contribution in [3.05, 3.63) is 0 Å². The number of hydrogen-bond acceptors (Lipinski definition) is 8. The first kappa shape index (κ1) is 60.4. The van der Waals surface area contributed by atoms with E-state index >= 15 is 0 Å². The van der Waals surface area contributed by atoms with Crippen LogP contribution in [0.4, 0.5) is 0 Å². The molecule has 0 heterocycles. The molecule has 0 atom stereocenters. The van der Waals surface area contributed by atoms with E-state index in [0.717, 1.165) is 25.7 Å². The summed E-state index contributed by atoms with van der Waals surface area (Å²) < 4.78 is 9.98. The average molecular weight is 835 g/mol. The first-order chi connectivity index (χ1) is 27.3. The van der Waals surface area contributed by atoms with E-state index in [0.29, 0.717) is 13.2 Å². The molecule has 0 aliphatic carbocycles. The zero-order valence-electron chi connectivity index (χ0n) is 37.7. The summed E-state index contributed by atoms with van der Waals surface area (Å²) in [5.74, 6) is -3.28. The Morgan fingerprint density at radius 3 is 0.649 bits per heavy atom. The molecule has 8 nitrogen and oxygen atoms in total. The first-order valence-corrected chi connectivity index (χ1v) is 24.0. The quantitative estimate of drug-likeness (QED) is 0.0336. The van der Waals surface area contributed by atoms with Crippen LogP contribution in [0.15, 0.2) is 0 Å². The summed E-state index contributed by atoms with van der Waals surface area (Å²) in [4.78, 5) is 42.9. The summed E-state index contributed by atoms with van der Waals surface area (Å²) in [7, 11) is 0. The topological polar surface area (TPSA) is 133 Å². The van der Waals surface area contributed by atoms with Crippen LogP contribution in [0.25, 0.3) is 0 Å². The van der Waals surface area contributed by atoms with Crippen LogP contribution in [0.1, 0.15) is 271 Å². The van der Waals surface area contributed by atoms with Gasteiger partial charge in [-0.15, -0.1) is 0 Å². The molecule has 0 rings (SSSR count).